The van der Waals surface area contributed by atoms with Crippen molar-refractivity contribution in [2.75, 3.05) is 6.54 Å². The molecule has 26 heavy (non-hydrogen) atoms. The van der Waals surface area contributed by atoms with E-state index in [4.69, 9.17) is 4.42 Å². The number of nitrogens with zero attached hydrogens (tertiary/aromatic N) is 5. The molecule has 1 unspecified atom stereocenters. The number of furan rings is 1. The standard InChI is InChI=1S/C19H21N5O2/c1-14-20-21-22-24(14)16-8-5-7-15(13-16)19(25)23-11-4-2-3-9-17(23)18-10-6-12-26-18/h5-8,10,12-13,17H,2-4,9,11H2,1H3. The third kappa shape index (κ3) is 3.12. The van der Waals surface area contributed by atoms with Crippen molar-refractivity contribution in [1.29, 1.82) is 0 Å². The summed E-state index contributed by atoms with van der Waals surface area (Å²) in [4.78, 5) is 15.2. The molecule has 1 amide bonds. The predicted octanol–water partition coefficient (Wildman–Crippen LogP) is 3.32. The molecule has 1 aliphatic rings. The van der Waals surface area contributed by atoms with Gasteiger partial charge in [-0.1, -0.05) is 18.9 Å². The van der Waals surface area contributed by atoms with E-state index < -0.39 is 0 Å². The highest BCUT2D eigenvalue weighted by molar-refractivity contribution is 5.95. The first-order valence-electron chi connectivity index (χ1n) is 8.94. The molecule has 0 saturated carbocycles. The van der Waals surface area contributed by atoms with Crippen LogP contribution in [0.25, 0.3) is 5.69 Å². The van der Waals surface area contributed by atoms with E-state index in [2.05, 4.69) is 15.5 Å². The van der Waals surface area contributed by atoms with Crippen LogP contribution in [-0.4, -0.2) is 37.6 Å². The minimum atomic E-state index is -0.0153. The number of aryl methyl sites for hydroxylation is 1. The van der Waals surface area contributed by atoms with Crippen molar-refractivity contribution in [2.45, 2.75) is 38.6 Å². The van der Waals surface area contributed by atoms with Gasteiger partial charge < -0.3 is 9.32 Å². The van der Waals surface area contributed by atoms with Gasteiger partial charge in [-0.2, -0.15) is 4.68 Å². The van der Waals surface area contributed by atoms with Crippen LogP contribution >= 0.6 is 0 Å². The highest BCUT2D eigenvalue weighted by Crippen LogP contribution is 2.31. The second-order valence-electron chi connectivity index (χ2n) is 6.57. The molecule has 0 N–H and O–H groups in total. The van der Waals surface area contributed by atoms with E-state index >= 15 is 0 Å². The summed E-state index contributed by atoms with van der Waals surface area (Å²) in [6.45, 7) is 2.56. The molecule has 0 spiro atoms. The second kappa shape index (κ2) is 7.11. The first-order valence-corrected chi connectivity index (χ1v) is 8.94. The van der Waals surface area contributed by atoms with Crippen molar-refractivity contribution in [3.8, 4) is 5.69 Å². The molecule has 2 aromatic heterocycles. The van der Waals surface area contributed by atoms with E-state index in [1.165, 1.54) is 0 Å². The van der Waals surface area contributed by atoms with E-state index in [-0.39, 0.29) is 11.9 Å². The molecular formula is C19H21N5O2. The molecule has 7 nitrogen and oxygen atoms in total. The summed E-state index contributed by atoms with van der Waals surface area (Å²) in [7, 11) is 0. The molecule has 1 atom stereocenters. The van der Waals surface area contributed by atoms with Gasteiger partial charge in [-0.25, -0.2) is 0 Å². The van der Waals surface area contributed by atoms with Gasteiger partial charge in [0.25, 0.3) is 5.91 Å². The van der Waals surface area contributed by atoms with E-state index in [0.717, 1.165) is 43.7 Å². The smallest absolute Gasteiger partial charge is 0.254 e. The van der Waals surface area contributed by atoms with Crippen molar-refractivity contribution in [1.82, 2.24) is 25.1 Å². The van der Waals surface area contributed by atoms with Crippen LogP contribution in [-0.2, 0) is 0 Å². The van der Waals surface area contributed by atoms with Gasteiger partial charge in [0.2, 0.25) is 0 Å². The Morgan fingerprint density at radius 3 is 2.88 bits per heavy atom. The van der Waals surface area contributed by atoms with Crippen LogP contribution in [0, 0.1) is 6.92 Å². The van der Waals surface area contributed by atoms with Crippen molar-refractivity contribution in [3.05, 3.63) is 59.8 Å². The molecule has 1 saturated heterocycles. The third-order valence-electron chi connectivity index (χ3n) is 4.85. The number of carbonyl (C=O) groups is 1. The first kappa shape index (κ1) is 16.5. The van der Waals surface area contributed by atoms with E-state index in [1.54, 1.807) is 10.9 Å². The van der Waals surface area contributed by atoms with Gasteiger partial charge in [0, 0.05) is 12.1 Å². The van der Waals surface area contributed by atoms with Crippen LogP contribution in [0.3, 0.4) is 0 Å². The molecule has 4 rings (SSSR count). The topological polar surface area (TPSA) is 77.1 Å². The van der Waals surface area contributed by atoms with E-state index in [9.17, 15) is 4.79 Å². The van der Waals surface area contributed by atoms with Gasteiger partial charge in [0.15, 0.2) is 5.82 Å². The summed E-state index contributed by atoms with van der Waals surface area (Å²) in [5, 5.41) is 11.6. The van der Waals surface area contributed by atoms with Gasteiger partial charge in [0.1, 0.15) is 5.76 Å². The lowest BCUT2D eigenvalue weighted by Gasteiger charge is -2.29. The molecule has 3 aromatic rings. The highest BCUT2D eigenvalue weighted by Gasteiger charge is 2.29. The van der Waals surface area contributed by atoms with Gasteiger partial charge in [-0.3, -0.25) is 4.79 Å². The van der Waals surface area contributed by atoms with Crippen molar-refractivity contribution in [2.24, 2.45) is 0 Å². The lowest BCUT2D eigenvalue weighted by molar-refractivity contribution is 0.0658. The minimum Gasteiger partial charge on any atom is -0.467 e. The predicted molar refractivity (Wildman–Crippen MR) is 94.8 cm³/mol. The summed E-state index contributed by atoms with van der Waals surface area (Å²) in [5.41, 5.74) is 1.42. The Morgan fingerprint density at radius 2 is 2.12 bits per heavy atom. The molecular weight excluding hydrogens is 330 g/mol. The zero-order valence-corrected chi connectivity index (χ0v) is 14.7. The Hall–Kier alpha value is -2.96. The lowest BCUT2D eigenvalue weighted by Crippen LogP contribution is -2.34. The van der Waals surface area contributed by atoms with Crippen LogP contribution in [0.1, 0.15) is 53.7 Å². The van der Waals surface area contributed by atoms with E-state index in [1.807, 2.05) is 48.2 Å². The molecule has 1 aromatic carbocycles. The van der Waals surface area contributed by atoms with Crippen LogP contribution in [0.5, 0.6) is 0 Å². The molecule has 1 fully saturated rings. The Labute approximate surface area is 151 Å². The van der Waals surface area contributed by atoms with Crippen LogP contribution in [0.2, 0.25) is 0 Å². The number of benzene rings is 1. The molecule has 0 bridgehead atoms. The Morgan fingerprint density at radius 1 is 1.19 bits per heavy atom. The summed E-state index contributed by atoms with van der Waals surface area (Å²) < 4.78 is 7.25. The fourth-order valence-electron chi connectivity index (χ4n) is 3.53. The molecule has 7 heteroatoms. The van der Waals surface area contributed by atoms with Gasteiger partial charge in [-0.05, 0) is 60.5 Å². The van der Waals surface area contributed by atoms with Crippen molar-refractivity contribution in [3.63, 3.8) is 0 Å². The van der Waals surface area contributed by atoms with Gasteiger partial charge in [-0.15, -0.1) is 5.10 Å². The largest absolute Gasteiger partial charge is 0.467 e. The maximum Gasteiger partial charge on any atom is 0.254 e. The average molecular weight is 351 g/mol. The molecule has 0 radical (unpaired) electrons. The SMILES string of the molecule is Cc1nnnn1-c1cccc(C(=O)N2CCCCCC2c2ccco2)c1. The zero-order valence-electron chi connectivity index (χ0n) is 14.7. The van der Waals surface area contributed by atoms with Crippen LogP contribution < -0.4 is 0 Å². The Kier molecular flexibility index (Phi) is 4.51. The van der Waals surface area contributed by atoms with Gasteiger partial charge >= 0.3 is 0 Å². The number of hydrogen-bond donors (Lipinski definition) is 0. The van der Waals surface area contributed by atoms with Gasteiger partial charge in [0.05, 0.1) is 18.0 Å². The quantitative estimate of drug-likeness (QED) is 0.723. The van der Waals surface area contributed by atoms with Crippen molar-refractivity contribution < 1.29 is 9.21 Å². The summed E-state index contributed by atoms with van der Waals surface area (Å²) in [6.07, 6.45) is 5.83. The molecule has 134 valence electrons. The maximum atomic E-state index is 13.3. The molecule has 3 heterocycles. The molecule has 0 aliphatic carbocycles. The van der Waals surface area contributed by atoms with Crippen molar-refractivity contribution >= 4 is 5.91 Å². The fraction of sp³-hybridized carbons (Fsp3) is 0.368. The zero-order chi connectivity index (χ0) is 17.9. The highest BCUT2D eigenvalue weighted by atomic mass is 16.3. The summed E-state index contributed by atoms with van der Waals surface area (Å²) in [5.74, 6) is 1.55. The number of hydrogen-bond acceptors (Lipinski definition) is 5. The first-order chi connectivity index (χ1) is 12.7. The Bertz CT molecular complexity index is 887. The number of rotatable bonds is 3. The third-order valence-corrected chi connectivity index (χ3v) is 4.85. The van der Waals surface area contributed by atoms with E-state index in [0.29, 0.717) is 11.4 Å². The van der Waals surface area contributed by atoms with Crippen LogP contribution in [0.4, 0.5) is 0 Å². The monoisotopic (exact) mass is 351 g/mol. The number of amides is 1. The average Bonchev–Trinajstić information content (AvgIpc) is 3.28. The number of likely N-dealkylation sites (tertiary alicyclic amines) is 1. The minimum absolute atomic E-state index is 0.0147. The normalized spacial score (nSPS) is 17.9. The fourth-order valence-corrected chi connectivity index (χ4v) is 3.53. The molecule has 1 aliphatic heterocycles. The summed E-state index contributed by atoms with van der Waals surface area (Å²) >= 11 is 0. The Balaban J connectivity index is 1.66. The lowest BCUT2D eigenvalue weighted by atomic mass is 10.1. The number of carbonyl (C=O) groups excluding carboxylic acids is 1. The summed E-state index contributed by atoms with van der Waals surface area (Å²) in [6, 6.07) is 11.3. The number of aromatic nitrogens is 4. The second-order valence-corrected chi connectivity index (χ2v) is 6.57. The maximum absolute atomic E-state index is 13.3. The number of tetrazole rings is 1. The van der Waals surface area contributed by atoms with Crippen LogP contribution in [0.15, 0.2) is 47.1 Å².